The summed E-state index contributed by atoms with van der Waals surface area (Å²) in [5, 5.41) is 6.50. The monoisotopic (exact) mass is 428 g/mol. The highest BCUT2D eigenvalue weighted by molar-refractivity contribution is 5.88. The van der Waals surface area contributed by atoms with Crippen molar-refractivity contribution in [2.75, 3.05) is 31.5 Å². The van der Waals surface area contributed by atoms with Gasteiger partial charge in [0.2, 0.25) is 11.8 Å². The number of amides is 2. The SMILES string of the molecule is CC(=O)N1C[C@@H]2CN(C3CCC[C@@H](NC(=O)C4Cc5c(F)ccc(C)c5N4)C3)C[C@@H]2C1. The standard InChI is InChI=1S/C24H33FN4O2/c1-14-6-7-21(25)20-9-22(27-23(14)20)24(31)26-18-4-3-5-19(8-18)29-12-16-10-28(15(2)30)11-17(16)13-29/h6-7,16-19,22,27H,3-5,8-13H2,1-2H3,(H,26,31)/t16-,17+,18-,19?,22?/m1/s1. The van der Waals surface area contributed by atoms with Crippen molar-refractivity contribution in [1.29, 1.82) is 0 Å². The number of carbonyl (C=O) groups excluding carboxylic acids is 2. The highest BCUT2D eigenvalue weighted by Crippen LogP contribution is 2.36. The fourth-order valence-corrected chi connectivity index (χ4v) is 6.24. The molecule has 3 aliphatic heterocycles. The Hall–Kier alpha value is -2.15. The summed E-state index contributed by atoms with van der Waals surface area (Å²) in [5.74, 6) is 1.13. The van der Waals surface area contributed by atoms with Gasteiger partial charge >= 0.3 is 0 Å². The van der Waals surface area contributed by atoms with Crippen LogP contribution < -0.4 is 10.6 Å². The van der Waals surface area contributed by atoms with Gasteiger partial charge in [0.1, 0.15) is 11.9 Å². The minimum atomic E-state index is -0.394. The van der Waals surface area contributed by atoms with Crippen LogP contribution in [-0.4, -0.2) is 65.9 Å². The molecule has 0 aromatic heterocycles. The molecular weight excluding hydrogens is 395 g/mol. The van der Waals surface area contributed by atoms with E-state index < -0.39 is 6.04 Å². The van der Waals surface area contributed by atoms with Gasteiger partial charge in [-0.25, -0.2) is 4.39 Å². The van der Waals surface area contributed by atoms with Crippen LogP contribution in [0.25, 0.3) is 0 Å². The molecule has 4 aliphatic rings. The van der Waals surface area contributed by atoms with E-state index in [1.165, 1.54) is 12.5 Å². The number of hydrogen-bond acceptors (Lipinski definition) is 4. The first-order valence-electron chi connectivity index (χ1n) is 11.7. The summed E-state index contributed by atoms with van der Waals surface area (Å²) < 4.78 is 14.2. The second-order valence-corrected chi connectivity index (χ2v) is 10.0. The number of benzene rings is 1. The molecule has 1 aromatic carbocycles. The van der Waals surface area contributed by atoms with Crippen LogP contribution in [0.3, 0.4) is 0 Å². The lowest BCUT2D eigenvalue weighted by Gasteiger charge is -2.36. The summed E-state index contributed by atoms with van der Waals surface area (Å²) in [7, 11) is 0. The summed E-state index contributed by atoms with van der Waals surface area (Å²) in [5.41, 5.74) is 2.39. The van der Waals surface area contributed by atoms with Gasteiger partial charge in [0.15, 0.2) is 0 Å². The molecule has 5 rings (SSSR count). The number of rotatable bonds is 3. The molecule has 2 amide bonds. The van der Waals surface area contributed by atoms with Crippen molar-refractivity contribution in [1.82, 2.24) is 15.1 Å². The lowest BCUT2D eigenvalue weighted by atomic mass is 9.89. The molecular formula is C24H33FN4O2. The molecule has 2 unspecified atom stereocenters. The topological polar surface area (TPSA) is 64.7 Å². The zero-order valence-corrected chi connectivity index (χ0v) is 18.5. The Morgan fingerprint density at radius 2 is 1.87 bits per heavy atom. The first-order valence-corrected chi connectivity index (χ1v) is 11.7. The van der Waals surface area contributed by atoms with Gasteiger partial charge in [0.25, 0.3) is 0 Å². The minimum absolute atomic E-state index is 0.0176. The predicted octanol–water partition coefficient (Wildman–Crippen LogP) is 2.31. The van der Waals surface area contributed by atoms with Crippen LogP contribution in [0.5, 0.6) is 0 Å². The Bertz CT molecular complexity index is 846. The molecule has 1 aromatic rings. The first-order chi connectivity index (χ1) is 14.9. The van der Waals surface area contributed by atoms with Crippen LogP contribution in [0.4, 0.5) is 10.1 Å². The van der Waals surface area contributed by atoms with Crippen LogP contribution in [0.2, 0.25) is 0 Å². The number of aryl methyl sites for hydroxylation is 1. The van der Waals surface area contributed by atoms with Gasteiger partial charge in [0.05, 0.1) is 0 Å². The largest absolute Gasteiger partial charge is 0.373 e. The molecule has 1 saturated carbocycles. The summed E-state index contributed by atoms with van der Waals surface area (Å²) in [6.45, 7) is 7.54. The zero-order valence-electron chi connectivity index (χ0n) is 18.5. The zero-order chi connectivity index (χ0) is 21.7. The minimum Gasteiger partial charge on any atom is -0.373 e. The Labute approximate surface area is 183 Å². The van der Waals surface area contributed by atoms with E-state index in [1.807, 2.05) is 11.8 Å². The molecule has 0 bridgehead atoms. The smallest absolute Gasteiger partial charge is 0.243 e. The number of carbonyl (C=O) groups is 2. The molecule has 0 spiro atoms. The molecule has 3 heterocycles. The second kappa shape index (κ2) is 8.08. The Balaban J connectivity index is 1.15. The second-order valence-electron chi connectivity index (χ2n) is 10.0. The van der Waals surface area contributed by atoms with E-state index in [9.17, 15) is 14.0 Å². The van der Waals surface area contributed by atoms with Crippen molar-refractivity contribution in [3.63, 3.8) is 0 Å². The van der Waals surface area contributed by atoms with Crippen LogP contribution >= 0.6 is 0 Å². The van der Waals surface area contributed by atoms with E-state index in [0.29, 0.717) is 29.9 Å². The number of hydrogen-bond donors (Lipinski definition) is 2. The third-order valence-corrected chi connectivity index (χ3v) is 7.98. The summed E-state index contributed by atoms with van der Waals surface area (Å²) in [6.07, 6.45) is 4.70. The third kappa shape index (κ3) is 3.93. The van der Waals surface area contributed by atoms with Crippen molar-refractivity contribution in [2.45, 2.75) is 64.1 Å². The van der Waals surface area contributed by atoms with E-state index in [4.69, 9.17) is 0 Å². The Morgan fingerprint density at radius 3 is 2.55 bits per heavy atom. The van der Waals surface area contributed by atoms with Crippen molar-refractivity contribution in [3.8, 4) is 0 Å². The summed E-state index contributed by atoms with van der Waals surface area (Å²) in [4.78, 5) is 29.2. The molecule has 6 nitrogen and oxygen atoms in total. The fraction of sp³-hybridized carbons (Fsp3) is 0.667. The van der Waals surface area contributed by atoms with E-state index in [0.717, 1.165) is 56.7 Å². The van der Waals surface area contributed by atoms with Gasteiger partial charge in [-0.1, -0.05) is 6.07 Å². The number of nitrogens with zero attached hydrogens (tertiary/aromatic N) is 2. The van der Waals surface area contributed by atoms with E-state index in [2.05, 4.69) is 15.5 Å². The Morgan fingerprint density at radius 1 is 1.13 bits per heavy atom. The number of anilines is 1. The highest BCUT2D eigenvalue weighted by atomic mass is 19.1. The lowest BCUT2D eigenvalue weighted by molar-refractivity contribution is -0.128. The van der Waals surface area contributed by atoms with Gasteiger partial charge in [-0.05, 0) is 56.1 Å². The highest BCUT2D eigenvalue weighted by Gasteiger charge is 2.43. The predicted molar refractivity (Wildman–Crippen MR) is 117 cm³/mol. The van der Waals surface area contributed by atoms with Crippen molar-refractivity contribution in [3.05, 3.63) is 29.1 Å². The average molecular weight is 429 g/mol. The molecule has 0 radical (unpaired) electrons. The van der Waals surface area contributed by atoms with Crippen LogP contribution in [0.15, 0.2) is 12.1 Å². The van der Waals surface area contributed by atoms with Crippen LogP contribution in [0, 0.1) is 24.6 Å². The van der Waals surface area contributed by atoms with Crippen molar-refractivity contribution >= 4 is 17.5 Å². The van der Waals surface area contributed by atoms with E-state index >= 15 is 0 Å². The fourth-order valence-electron chi connectivity index (χ4n) is 6.24. The average Bonchev–Trinajstić information content (AvgIpc) is 3.44. The molecule has 2 N–H and O–H groups in total. The number of likely N-dealkylation sites (tertiary alicyclic amines) is 2. The molecule has 168 valence electrons. The quantitative estimate of drug-likeness (QED) is 0.776. The number of fused-ring (bicyclic) bond motifs is 2. The van der Waals surface area contributed by atoms with Crippen molar-refractivity contribution < 1.29 is 14.0 Å². The van der Waals surface area contributed by atoms with Gasteiger partial charge in [-0.2, -0.15) is 0 Å². The summed E-state index contributed by atoms with van der Waals surface area (Å²) in [6, 6.07) is 3.53. The van der Waals surface area contributed by atoms with E-state index in [1.54, 1.807) is 13.0 Å². The van der Waals surface area contributed by atoms with Gasteiger partial charge in [0, 0.05) is 62.9 Å². The third-order valence-electron chi connectivity index (χ3n) is 7.98. The first kappa shape index (κ1) is 20.7. The van der Waals surface area contributed by atoms with Gasteiger partial charge in [-0.15, -0.1) is 0 Å². The molecule has 7 heteroatoms. The maximum atomic E-state index is 14.2. The Kier molecular flexibility index (Phi) is 5.40. The van der Waals surface area contributed by atoms with Crippen LogP contribution in [-0.2, 0) is 16.0 Å². The van der Waals surface area contributed by atoms with E-state index in [-0.39, 0.29) is 23.7 Å². The van der Waals surface area contributed by atoms with Gasteiger partial charge in [-0.3, -0.25) is 14.5 Å². The van der Waals surface area contributed by atoms with Gasteiger partial charge < -0.3 is 15.5 Å². The maximum absolute atomic E-state index is 14.2. The molecule has 3 fully saturated rings. The molecule has 31 heavy (non-hydrogen) atoms. The number of nitrogens with one attached hydrogen (secondary N) is 2. The number of halogens is 1. The summed E-state index contributed by atoms with van der Waals surface area (Å²) >= 11 is 0. The van der Waals surface area contributed by atoms with Crippen LogP contribution in [0.1, 0.15) is 43.7 Å². The molecule has 1 aliphatic carbocycles. The van der Waals surface area contributed by atoms with Crippen molar-refractivity contribution in [2.24, 2.45) is 11.8 Å². The molecule has 2 saturated heterocycles. The lowest BCUT2D eigenvalue weighted by Crippen LogP contribution is -2.49. The normalized spacial score (nSPS) is 32.5. The molecule has 5 atom stereocenters. The maximum Gasteiger partial charge on any atom is 0.243 e.